The van der Waals surface area contributed by atoms with Crippen molar-refractivity contribution in [3.8, 4) is 0 Å². The topological polar surface area (TPSA) is 18.8 Å². The third-order valence-electron chi connectivity index (χ3n) is 2.93. The molecule has 100 valence electrons. The summed E-state index contributed by atoms with van der Waals surface area (Å²) >= 11 is 3.63. The molecule has 0 fully saturated rings. The van der Waals surface area contributed by atoms with Crippen LogP contribution in [0.4, 0.5) is 5.69 Å². The molecule has 3 nitrogen and oxygen atoms in total. The average molecular weight is 320 g/mol. The molecular weight excluding hydrogens is 302 g/mol. The number of hydrogen-bond acceptors (Lipinski definition) is 3. The predicted molar refractivity (Wildman–Crippen MR) is 85.8 cm³/mol. The summed E-state index contributed by atoms with van der Waals surface area (Å²) in [5, 5.41) is 6.37. The molecule has 1 aliphatic heterocycles. The first kappa shape index (κ1) is 13.9. The van der Waals surface area contributed by atoms with E-state index in [-0.39, 0.29) is 4.45 Å². The Labute approximate surface area is 123 Å². The molecule has 1 atom stereocenters. The lowest BCUT2D eigenvalue weighted by Gasteiger charge is -2.30. The third kappa shape index (κ3) is 3.47. The van der Waals surface area contributed by atoms with Crippen molar-refractivity contribution in [2.24, 2.45) is 5.10 Å². The fourth-order valence-corrected chi connectivity index (χ4v) is 2.09. The van der Waals surface area contributed by atoms with Crippen molar-refractivity contribution in [3.63, 3.8) is 0 Å². The summed E-state index contributed by atoms with van der Waals surface area (Å²) in [7, 11) is 4.06. The van der Waals surface area contributed by atoms with Crippen LogP contribution < -0.4 is 4.90 Å². The molecule has 1 aromatic carbocycles. The van der Waals surface area contributed by atoms with E-state index in [0.717, 1.165) is 5.56 Å². The Morgan fingerprint density at radius 3 is 2.47 bits per heavy atom. The maximum Gasteiger partial charge on any atom is 0.132 e. The largest absolute Gasteiger partial charge is 0.378 e. The van der Waals surface area contributed by atoms with Crippen LogP contribution in [0, 0.1) is 0 Å². The molecular formula is C15H18BrN3. The van der Waals surface area contributed by atoms with Crippen molar-refractivity contribution in [2.75, 3.05) is 19.0 Å². The molecule has 0 saturated carbocycles. The Morgan fingerprint density at radius 2 is 1.89 bits per heavy atom. The number of hydrogen-bond donors (Lipinski definition) is 0. The van der Waals surface area contributed by atoms with E-state index in [4.69, 9.17) is 0 Å². The summed E-state index contributed by atoms with van der Waals surface area (Å²) in [6.45, 7) is 2.06. The van der Waals surface area contributed by atoms with Crippen LogP contribution in [0.5, 0.6) is 0 Å². The van der Waals surface area contributed by atoms with Crippen LogP contribution in [-0.4, -0.2) is 29.8 Å². The van der Waals surface area contributed by atoms with E-state index in [1.807, 2.05) is 43.7 Å². The zero-order chi connectivity index (χ0) is 13.9. The van der Waals surface area contributed by atoms with Gasteiger partial charge in [-0.15, -0.1) is 0 Å². The fraction of sp³-hybridized carbons (Fsp3) is 0.267. The maximum atomic E-state index is 4.49. The molecule has 1 aliphatic rings. The summed E-state index contributed by atoms with van der Waals surface area (Å²) in [4.78, 5) is 2.08. The van der Waals surface area contributed by atoms with Crippen LogP contribution in [0.15, 0.2) is 53.8 Å². The van der Waals surface area contributed by atoms with Crippen molar-refractivity contribution in [1.82, 2.24) is 5.01 Å². The minimum absolute atomic E-state index is 0.262. The second kappa shape index (κ2) is 5.61. The predicted octanol–water partition coefficient (Wildman–Crippen LogP) is 3.58. The Balaban J connectivity index is 2.10. The number of halogens is 1. The van der Waals surface area contributed by atoms with Gasteiger partial charge in [0.1, 0.15) is 4.45 Å². The number of nitrogens with zero attached hydrogens (tertiary/aromatic N) is 3. The number of rotatable bonds is 3. The summed E-state index contributed by atoms with van der Waals surface area (Å²) < 4.78 is -0.262. The van der Waals surface area contributed by atoms with Crippen LogP contribution in [0.25, 0.3) is 0 Å². The molecule has 19 heavy (non-hydrogen) atoms. The fourth-order valence-electron chi connectivity index (χ4n) is 1.72. The van der Waals surface area contributed by atoms with E-state index in [0.29, 0.717) is 0 Å². The minimum Gasteiger partial charge on any atom is -0.378 e. The van der Waals surface area contributed by atoms with Gasteiger partial charge in [-0.05, 0) is 36.8 Å². The van der Waals surface area contributed by atoms with Crippen molar-refractivity contribution in [1.29, 1.82) is 0 Å². The second-order valence-electron chi connectivity index (χ2n) is 4.80. The maximum absolute atomic E-state index is 4.49. The van der Waals surface area contributed by atoms with Gasteiger partial charge in [0.2, 0.25) is 0 Å². The van der Waals surface area contributed by atoms with E-state index in [2.05, 4.69) is 63.2 Å². The lowest BCUT2D eigenvalue weighted by molar-refractivity contribution is 0.328. The van der Waals surface area contributed by atoms with Gasteiger partial charge >= 0.3 is 0 Å². The smallest absolute Gasteiger partial charge is 0.132 e. The molecule has 0 aromatic heterocycles. The van der Waals surface area contributed by atoms with Gasteiger partial charge in [-0.2, -0.15) is 5.10 Å². The number of alkyl halides is 1. The Kier molecular flexibility index (Phi) is 4.10. The first-order valence-corrected chi connectivity index (χ1v) is 6.94. The summed E-state index contributed by atoms with van der Waals surface area (Å²) in [5.41, 5.74) is 2.26. The standard InChI is InChI=1S/C15H18BrN3/c1-15(16)10-4-5-11-19(15)17-12-13-6-8-14(9-7-13)18(2)3/h4-12H,1-3H3/b17-12+. The lowest BCUT2D eigenvalue weighted by Crippen LogP contribution is -2.32. The molecule has 0 radical (unpaired) electrons. The second-order valence-corrected chi connectivity index (χ2v) is 6.41. The summed E-state index contributed by atoms with van der Waals surface area (Å²) in [5.74, 6) is 0. The van der Waals surface area contributed by atoms with Gasteiger partial charge < -0.3 is 4.90 Å². The van der Waals surface area contributed by atoms with Crippen LogP contribution in [-0.2, 0) is 0 Å². The highest BCUT2D eigenvalue weighted by Crippen LogP contribution is 2.27. The molecule has 4 heteroatoms. The number of anilines is 1. The van der Waals surface area contributed by atoms with Crippen LogP contribution in [0.1, 0.15) is 12.5 Å². The quantitative estimate of drug-likeness (QED) is 0.481. The summed E-state index contributed by atoms with van der Waals surface area (Å²) in [6.07, 6.45) is 9.84. The van der Waals surface area contributed by atoms with Crippen LogP contribution in [0.2, 0.25) is 0 Å². The van der Waals surface area contributed by atoms with Crippen LogP contribution in [0.3, 0.4) is 0 Å². The van der Waals surface area contributed by atoms with Crippen molar-refractivity contribution in [2.45, 2.75) is 11.4 Å². The monoisotopic (exact) mass is 319 g/mol. The van der Waals surface area contributed by atoms with Gasteiger partial charge in [0, 0.05) is 26.0 Å². The average Bonchev–Trinajstić information content (AvgIpc) is 2.37. The Bertz CT molecular complexity index is 513. The van der Waals surface area contributed by atoms with Gasteiger partial charge in [-0.25, -0.2) is 0 Å². The van der Waals surface area contributed by atoms with Gasteiger partial charge in [0.05, 0.1) is 6.21 Å². The number of benzene rings is 1. The highest BCUT2D eigenvalue weighted by Gasteiger charge is 2.24. The molecule has 0 saturated heterocycles. The molecule has 1 heterocycles. The molecule has 1 aromatic rings. The van der Waals surface area contributed by atoms with E-state index in [1.54, 1.807) is 0 Å². The molecule has 2 rings (SSSR count). The van der Waals surface area contributed by atoms with Gasteiger partial charge in [-0.1, -0.05) is 34.1 Å². The Morgan fingerprint density at radius 1 is 1.21 bits per heavy atom. The molecule has 0 spiro atoms. The zero-order valence-corrected chi connectivity index (χ0v) is 13.0. The molecule has 0 N–H and O–H groups in total. The SMILES string of the molecule is CN(C)c1ccc(/C=N/N2C=CC=CC2(C)Br)cc1. The van der Waals surface area contributed by atoms with E-state index >= 15 is 0 Å². The van der Waals surface area contributed by atoms with Gasteiger partial charge in [0.25, 0.3) is 0 Å². The molecule has 0 bridgehead atoms. The van der Waals surface area contributed by atoms with E-state index < -0.39 is 0 Å². The van der Waals surface area contributed by atoms with Crippen molar-refractivity contribution >= 4 is 27.8 Å². The summed E-state index contributed by atoms with van der Waals surface area (Å²) in [6, 6.07) is 8.29. The van der Waals surface area contributed by atoms with Gasteiger partial charge in [-0.3, -0.25) is 5.01 Å². The third-order valence-corrected chi connectivity index (χ3v) is 3.56. The van der Waals surface area contributed by atoms with Crippen molar-refractivity contribution in [3.05, 3.63) is 54.3 Å². The minimum atomic E-state index is -0.262. The number of allylic oxidation sites excluding steroid dienone is 2. The van der Waals surface area contributed by atoms with E-state index in [1.165, 1.54) is 5.69 Å². The van der Waals surface area contributed by atoms with Crippen LogP contribution >= 0.6 is 15.9 Å². The Hall–Kier alpha value is -1.55. The molecule has 0 aliphatic carbocycles. The van der Waals surface area contributed by atoms with Crippen molar-refractivity contribution < 1.29 is 0 Å². The van der Waals surface area contributed by atoms with E-state index in [9.17, 15) is 0 Å². The first-order chi connectivity index (χ1) is 8.99. The molecule has 1 unspecified atom stereocenters. The first-order valence-electron chi connectivity index (χ1n) is 6.15. The molecule has 0 amide bonds. The normalized spacial score (nSPS) is 22.2. The lowest BCUT2D eigenvalue weighted by atomic mass is 10.2. The number of hydrazone groups is 1. The van der Waals surface area contributed by atoms with Gasteiger partial charge in [0.15, 0.2) is 0 Å². The highest BCUT2D eigenvalue weighted by atomic mass is 79.9. The zero-order valence-electron chi connectivity index (χ0n) is 11.4. The highest BCUT2D eigenvalue weighted by molar-refractivity contribution is 9.10.